The fourth-order valence-electron chi connectivity index (χ4n) is 0.960. The topological polar surface area (TPSA) is 66.4 Å². The fourth-order valence-corrected chi connectivity index (χ4v) is 0.960. The van der Waals surface area contributed by atoms with Gasteiger partial charge in [0.1, 0.15) is 0 Å². The van der Waals surface area contributed by atoms with Gasteiger partial charge in [-0.05, 0) is 12.8 Å². The van der Waals surface area contributed by atoms with E-state index >= 15 is 0 Å². The van der Waals surface area contributed by atoms with Crippen LogP contribution < -0.4 is 5.32 Å². The Kier molecular flexibility index (Phi) is 6.96. The number of carbonyl (C=O) groups excluding carboxylic acids is 1. The van der Waals surface area contributed by atoms with Gasteiger partial charge in [-0.3, -0.25) is 10.1 Å². The van der Waals surface area contributed by atoms with Crippen molar-refractivity contribution in [1.29, 1.82) is 0 Å². The molecule has 13 heavy (non-hydrogen) atoms. The van der Waals surface area contributed by atoms with Gasteiger partial charge in [0, 0.05) is 6.42 Å². The minimum absolute atomic E-state index is 0.295. The molecule has 2 N–H and O–H groups in total. The van der Waals surface area contributed by atoms with Crippen LogP contribution in [0.1, 0.15) is 39.0 Å². The summed E-state index contributed by atoms with van der Waals surface area (Å²) in [6.45, 7) is 2.07. The molecule has 0 aliphatic carbocycles. The van der Waals surface area contributed by atoms with E-state index in [0.717, 1.165) is 25.7 Å². The van der Waals surface area contributed by atoms with E-state index in [1.165, 1.54) is 0 Å². The molecule has 0 bridgehead atoms. The van der Waals surface area contributed by atoms with Gasteiger partial charge < -0.3 is 5.11 Å². The summed E-state index contributed by atoms with van der Waals surface area (Å²) in [7, 11) is 0. The number of carbonyl (C=O) groups is 2. The molecule has 4 nitrogen and oxygen atoms in total. The molecule has 4 heteroatoms. The number of carboxylic acid groups (broad SMARTS) is 1. The molecular formula is C9H16NO3. The van der Waals surface area contributed by atoms with E-state index in [4.69, 9.17) is 5.11 Å². The molecule has 75 valence electrons. The molecule has 0 saturated heterocycles. The number of hydrogen-bond acceptors (Lipinski definition) is 2. The number of unbranched alkanes of at least 4 members (excludes halogenated alkanes) is 4. The lowest BCUT2D eigenvalue weighted by molar-refractivity contribution is -0.120. The number of nitrogens with one attached hydrogen (secondary N) is 1. The zero-order valence-corrected chi connectivity index (χ0v) is 7.88. The van der Waals surface area contributed by atoms with Crippen molar-refractivity contribution in [3.8, 4) is 0 Å². The van der Waals surface area contributed by atoms with Gasteiger partial charge in [-0.25, -0.2) is 4.79 Å². The standard InChI is InChI=1S/C9H16NO3/c1-2-3-4-5-6-7-8(11)10-9(12)13/h3H,2,4-7H2,1H3,(H,10,11)(H,12,13). The lowest BCUT2D eigenvalue weighted by Crippen LogP contribution is -2.28. The normalized spacial score (nSPS) is 9.62. The van der Waals surface area contributed by atoms with Gasteiger partial charge in [-0.2, -0.15) is 0 Å². The molecule has 0 heterocycles. The van der Waals surface area contributed by atoms with Gasteiger partial charge in [0.25, 0.3) is 0 Å². The first kappa shape index (κ1) is 11.9. The van der Waals surface area contributed by atoms with Gasteiger partial charge >= 0.3 is 6.09 Å². The van der Waals surface area contributed by atoms with E-state index in [1.54, 1.807) is 5.32 Å². The maximum Gasteiger partial charge on any atom is 0.411 e. The van der Waals surface area contributed by atoms with E-state index < -0.39 is 12.0 Å². The zero-order valence-electron chi connectivity index (χ0n) is 7.88. The summed E-state index contributed by atoms with van der Waals surface area (Å²) in [6.07, 6.45) is 4.90. The van der Waals surface area contributed by atoms with Crippen LogP contribution >= 0.6 is 0 Å². The Labute approximate surface area is 78.3 Å². The lowest BCUT2D eigenvalue weighted by atomic mass is 10.1. The average Bonchev–Trinajstić information content (AvgIpc) is 2.02. The van der Waals surface area contributed by atoms with Gasteiger partial charge in [0.2, 0.25) is 5.91 Å². The van der Waals surface area contributed by atoms with E-state index in [0.29, 0.717) is 6.42 Å². The molecule has 0 aromatic heterocycles. The predicted octanol–water partition coefficient (Wildman–Crippen LogP) is 1.96. The minimum Gasteiger partial charge on any atom is -0.465 e. The van der Waals surface area contributed by atoms with Crippen LogP contribution in [0.25, 0.3) is 0 Å². The molecule has 0 aromatic carbocycles. The number of imide groups is 1. The Morgan fingerprint density at radius 1 is 1.38 bits per heavy atom. The van der Waals surface area contributed by atoms with Crippen LogP contribution in [0.3, 0.4) is 0 Å². The van der Waals surface area contributed by atoms with Crippen molar-refractivity contribution < 1.29 is 14.7 Å². The summed E-state index contributed by atoms with van der Waals surface area (Å²) < 4.78 is 0. The van der Waals surface area contributed by atoms with Crippen molar-refractivity contribution >= 4 is 12.0 Å². The first-order valence-electron chi connectivity index (χ1n) is 4.51. The van der Waals surface area contributed by atoms with Crippen LogP contribution in [0.2, 0.25) is 0 Å². The van der Waals surface area contributed by atoms with Crippen LogP contribution in [0, 0.1) is 6.42 Å². The number of rotatable bonds is 6. The van der Waals surface area contributed by atoms with Crippen LogP contribution in [0.4, 0.5) is 4.79 Å². The van der Waals surface area contributed by atoms with Crippen molar-refractivity contribution in [2.45, 2.75) is 39.0 Å². The third-order valence-electron chi connectivity index (χ3n) is 1.60. The van der Waals surface area contributed by atoms with Gasteiger partial charge in [0.05, 0.1) is 0 Å². The molecule has 2 amide bonds. The van der Waals surface area contributed by atoms with Crippen LogP contribution in [-0.4, -0.2) is 17.1 Å². The third kappa shape index (κ3) is 8.85. The molecule has 0 aliphatic rings. The predicted molar refractivity (Wildman–Crippen MR) is 49.2 cm³/mol. The number of amides is 2. The van der Waals surface area contributed by atoms with E-state index in [-0.39, 0.29) is 0 Å². The molecule has 0 saturated carbocycles. The SMILES string of the molecule is CC[CH]CCCCC(=O)NC(=O)O. The smallest absolute Gasteiger partial charge is 0.411 e. The highest BCUT2D eigenvalue weighted by Crippen LogP contribution is 2.03. The lowest BCUT2D eigenvalue weighted by Gasteiger charge is -1.99. The first-order chi connectivity index (χ1) is 6.16. The van der Waals surface area contributed by atoms with E-state index in [1.807, 2.05) is 0 Å². The van der Waals surface area contributed by atoms with Crippen LogP contribution in [0.15, 0.2) is 0 Å². The summed E-state index contributed by atoms with van der Waals surface area (Å²) in [5, 5.41) is 9.99. The van der Waals surface area contributed by atoms with Crippen molar-refractivity contribution in [3.63, 3.8) is 0 Å². The van der Waals surface area contributed by atoms with Crippen molar-refractivity contribution in [2.75, 3.05) is 0 Å². The minimum atomic E-state index is -1.27. The number of hydrogen-bond donors (Lipinski definition) is 2. The van der Waals surface area contributed by atoms with Crippen molar-refractivity contribution in [1.82, 2.24) is 5.32 Å². The van der Waals surface area contributed by atoms with Gasteiger partial charge in [-0.1, -0.05) is 26.2 Å². The van der Waals surface area contributed by atoms with E-state index in [9.17, 15) is 9.59 Å². The largest absolute Gasteiger partial charge is 0.465 e. The quantitative estimate of drug-likeness (QED) is 0.623. The first-order valence-corrected chi connectivity index (χ1v) is 4.51. The highest BCUT2D eigenvalue weighted by molar-refractivity contribution is 5.90. The Morgan fingerprint density at radius 2 is 2.08 bits per heavy atom. The highest BCUT2D eigenvalue weighted by Gasteiger charge is 2.03. The molecule has 0 unspecified atom stereocenters. The van der Waals surface area contributed by atoms with Crippen LogP contribution in [0.5, 0.6) is 0 Å². The van der Waals surface area contributed by atoms with Crippen molar-refractivity contribution in [2.24, 2.45) is 0 Å². The Hall–Kier alpha value is -1.06. The monoisotopic (exact) mass is 186 g/mol. The summed E-state index contributed by atoms with van der Waals surface area (Å²) in [5.74, 6) is -0.413. The molecule has 0 rings (SSSR count). The summed E-state index contributed by atoms with van der Waals surface area (Å²) in [6, 6.07) is 0. The second-order valence-corrected chi connectivity index (χ2v) is 2.80. The maximum absolute atomic E-state index is 10.8. The summed E-state index contributed by atoms with van der Waals surface area (Å²) in [4.78, 5) is 20.8. The van der Waals surface area contributed by atoms with Crippen LogP contribution in [-0.2, 0) is 4.79 Å². The molecule has 0 aliphatic heterocycles. The van der Waals surface area contributed by atoms with Gasteiger partial charge in [0.15, 0.2) is 0 Å². The Balaban J connectivity index is 3.22. The molecule has 0 spiro atoms. The Bertz CT molecular complexity index is 168. The Morgan fingerprint density at radius 3 is 2.62 bits per heavy atom. The van der Waals surface area contributed by atoms with Crippen molar-refractivity contribution in [3.05, 3.63) is 6.42 Å². The average molecular weight is 186 g/mol. The van der Waals surface area contributed by atoms with Gasteiger partial charge in [-0.15, -0.1) is 0 Å². The second-order valence-electron chi connectivity index (χ2n) is 2.80. The second kappa shape index (κ2) is 7.58. The fraction of sp³-hybridized carbons (Fsp3) is 0.667. The molecular weight excluding hydrogens is 170 g/mol. The zero-order chi connectivity index (χ0) is 10.1. The highest BCUT2D eigenvalue weighted by atomic mass is 16.4. The summed E-state index contributed by atoms with van der Waals surface area (Å²) in [5.41, 5.74) is 0. The molecule has 0 fully saturated rings. The third-order valence-corrected chi connectivity index (χ3v) is 1.60. The molecule has 0 atom stereocenters. The van der Waals surface area contributed by atoms with E-state index in [2.05, 4.69) is 13.3 Å². The maximum atomic E-state index is 10.8. The summed E-state index contributed by atoms with van der Waals surface area (Å²) >= 11 is 0. The molecule has 1 radical (unpaired) electrons. The molecule has 0 aromatic rings.